The van der Waals surface area contributed by atoms with Crippen LogP contribution < -0.4 is 0 Å². The van der Waals surface area contributed by atoms with Gasteiger partial charge < -0.3 is 9.30 Å². The number of aryl methyl sites for hydroxylation is 2. The lowest BCUT2D eigenvalue weighted by molar-refractivity contribution is -0.386. The van der Waals surface area contributed by atoms with Crippen LogP contribution in [0.4, 0.5) is 5.69 Å². The number of ether oxygens (including phenoxy) is 1. The lowest BCUT2D eigenvalue weighted by Crippen LogP contribution is -2.20. The first-order chi connectivity index (χ1) is 14.2. The molecule has 30 heavy (non-hydrogen) atoms. The number of carbonyl (C=O) groups excluding carboxylic acids is 2. The molecule has 0 radical (unpaired) electrons. The van der Waals surface area contributed by atoms with Gasteiger partial charge in [0.1, 0.15) is 17.9 Å². The molecule has 0 spiro atoms. The number of nitro groups is 1. The molecular formula is C21H22N4O5. The van der Waals surface area contributed by atoms with Crippen LogP contribution in [0.25, 0.3) is 5.69 Å². The minimum absolute atomic E-state index is 0.132. The zero-order chi connectivity index (χ0) is 22.0. The van der Waals surface area contributed by atoms with Crippen LogP contribution in [0, 0.1) is 37.8 Å². The van der Waals surface area contributed by atoms with Gasteiger partial charge in [-0.15, -0.1) is 0 Å². The average molecular weight is 410 g/mol. The maximum absolute atomic E-state index is 12.6. The number of nitrogens with zero attached hydrogens (tertiary/aromatic N) is 4. The van der Waals surface area contributed by atoms with Crippen LogP contribution in [-0.2, 0) is 16.1 Å². The summed E-state index contributed by atoms with van der Waals surface area (Å²) in [5.41, 5.74) is 3.41. The van der Waals surface area contributed by atoms with Gasteiger partial charge in [0, 0.05) is 22.6 Å². The smallest absolute Gasteiger partial charge is 0.328 e. The Morgan fingerprint density at radius 3 is 2.37 bits per heavy atom. The molecule has 2 aromatic heterocycles. The van der Waals surface area contributed by atoms with Crippen molar-refractivity contribution in [2.24, 2.45) is 0 Å². The van der Waals surface area contributed by atoms with Crippen LogP contribution in [0.1, 0.15) is 33.1 Å². The van der Waals surface area contributed by atoms with Crippen molar-refractivity contribution in [1.82, 2.24) is 14.3 Å². The maximum Gasteiger partial charge on any atom is 0.328 e. The molecule has 0 unspecified atom stereocenters. The van der Waals surface area contributed by atoms with Gasteiger partial charge >= 0.3 is 11.7 Å². The number of hydrogen-bond acceptors (Lipinski definition) is 6. The molecule has 0 saturated carbocycles. The molecule has 0 aliphatic heterocycles. The Morgan fingerprint density at radius 2 is 1.77 bits per heavy atom. The zero-order valence-corrected chi connectivity index (χ0v) is 17.2. The van der Waals surface area contributed by atoms with Crippen molar-refractivity contribution >= 4 is 17.4 Å². The van der Waals surface area contributed by atoms with Gasteiger partial charge in [-0.2, -0.15) is 5.10 Å². The Labute approximate surface area is 173 Å². The summed E-state index contributed by atoms with van der Waals surface area (Å²) in [7, 11) is 0. The van der Waals surface area contributed by atoms with Crippen LogP contribution in [0.5, 0.6) is 0 Å². The molecule has 156 valence electrons. The van der Waals surface area contributed by atoms with Gasteiger partial charge in [0.2, 0.25) is 5.78 Å². The molecule has 0 atom stereocenters. The van der Waals surface area contributed by atoms with Gasteiger partial charge in [0.15, 0.2) is 6.61 Å². The molecule has 0 aliphatic rings. The summed E-state index contributed by atoms with van der Waals surface area (Å²) < 4.78 is 8.28. The predicted molar refractivity (Wildman–Crippen MR) is 109 cm³/mol. The van der Waals surface area contributed by atoms with E-state index in [2.05, 4.69) is 5.10 Å². The van der Waals surface area contributed by atoms with Crippen molar-refractivity contribution in [3.8, 4) is 5.69 Å². The lowest BCUT2D eigenvalue weighted by atomic mass is 10.1. The summed E-state index contributed by atoms with van der Waals surface area (Å²) in [6.07, 6.45) is 0. The highest BCUT2D eigenvalue weighted by atomic mass is 16.6. The largest absolute Gasteiger partial charge is 0.456 e. The monoisotopic (exact) mass is 410 g/mol. The SMILES string of the molecule is Cc1nn(CC(=O)OCC(=O)c2cc(C)n(-c3ccccc3)c2C)c(C)c1[N+](=O)[O-]. The molecule has 9 nitrogen and oxygen atoms in total. The van der Waals surface area contributed by atoms with Crippen molar-refractivity contribution in [3.63, 3.8) is 0 Å². The summed E-state index contributed by atoms with van der Waals surface area (Å²) in [6.45, 7) is 6.02. The second kappa shape index (κ2) is 8.32. The third-order valence-electron chi connectivity index (χ3n) is 4.91. The van der Waals surface area contributed by atoms with E-state index in [9.17, 15) is 19.7 Å². The van der Waals surface area contributed by atoms with Gasteiger partial charge in [-0.1, -0.05) is 18.2 Å². The van der Waals surface area contributed by atoms with Gasteiger partial charge in [0.25, 0.3) is 0 Å². The van der Waals surface area contributed by atoms with Crippen LogP contribution in [0.3, 0.4) is 0 Å². The summed E-state index contributed by atoms with van der Waals surface area (Å²) in [5.74, 6) is -1.02. The average Bonchev–Trinajstić information content (AvgIpc) is 3.15. The first kappa shape index (κ1) is 21.0. The number of aromatic nitrogens is 3. The topological polar surface area (TPSA) is 109 Å². The fourth-order valence-corrected chi connectivity index (χ4v) is 3.52. The number of hydrogen-bond donors (Lipinski definition) is 0. The van der Waals surface area contributed by atoms with E-state index >= 15 is 0 Å². The number of esters is 1. The number of Topliss-reactive ketones (excluding diaryl/α,β-unsaturated/α-hetero) is 1. The highest BCUT2D eigenvalue weighted by molar-refractivity contribution is 5.99. The van der Waals surface area contributed by atoms with Gasteiger partial charge in [-0.3, -0.25) is 24.4 Å². The second-order valence-electron chi connectivity index (χ2n) is 6.97. The van der Waals surface area contributed by atoms with Crippen LogP contribution in [0.2, 0.25) is 0 Å². The van der Waals surface area contributed by atoms with Gasteiger partial charge in [-0.25, -0.2) is 0 Å². The van der Waals surface area contributed by atoms with Crippen molar-refractivity contribution in [2.75, 3.05) is 6.61 Å². The fraction of sp³-hybridized carbons (Fsp3) is 0.286. The van der Waals surface area contributed by atoms with E-state index in [1.54, 1.807) is 6.07 Å². The van der Waals surface area contributed by atoms with Crippen LogP contribution in [-0.4, -0.2) is 37.6 Å². The normalized spacial score (nSPS) is 10.8. The molecular weight excluding hydrogens is 388 g/mol. The summed E-state index contributed by atoms with van der Waals surface area (Å²) in [5, 5.41) is 15.1. The van der Waals surface area contributed by atoms with E-state index in [1.807, 2.05) is 48.7 Å². The number of benzene rings is 1. The minimum atomic E-state index is -0.694. The lowest BCUT2D eigenvalue weighted by Gasteiger charge is -2.09. The summed E-state index contributed by atoms with van der Waals surface area (Å²) in [6, 6.07) is 11.4. The Balaban J connectivity index is 1.69. The maximum atomic E-state index is 12.6. The molecule has 2 heterocycles. The molecule has 0 saturated heterocycles. The Morgan fingerprint density at radius 1 is 1.10 bits per heavy atom. The third kappa shape index (κ3) is 4.00. The molecule has 0 amide bonds. The van der Waals surface area contributed by atoms with Gasteiger partial charge in [-0.05, 0) is 45.9 Å². The van der Waals surface area contributed by atoms with E-state index in [4.69, 9.17) is 4.74 Å². The zero-order valence-electron chi connectivity index (χ0n) is 17.2. The molecule has 0 fully saturated rings. The second-order valence-corrected chi connectivity index (χ2v) is 6.97. The predicted octanol–water partition coefficient (Wildman–Crippen LogP) is 3.24. The number of para-hydroxylation sites is 1. The Bertz CT molecular complexity index is 1130. The van der Waals surface area contributed by atoms with Crippen molar-refractivity contribution in [1.29, 1.82) is 0 Å². The minimum Gasteiger partial charge on any atom is -0.456 e. The molecule has 0 bridgehead atoms. The summed E-state index contributed by atoms with van der Waals surface area (Å²) in [4.78, 5) is 35.3. The van der Waals surface area contributed by atoms with E-state index in [0.717, 1.165) is 17.1 Å². The van der Waals surface area contributed by atoms with E-state index in [0.29, 0.717) is 5.56 Å². The number of carbonyl (C=O) groups is 2. The van der Waals surface area contributed by atoms with Crippen molar-refractivity contribution < 1.29 is 19.2 Å². The number of rotatable bonds is 7. The summed E-state index contributed by atoms with van der Waals surface area (Å²) >= 11 is 0. The van der Waals surface area contributed by atoms with Crippen LogP contribution >= 0.6 is 0 Å². The van der Waals surface area contributed by atoms with E-state index < -0.39 is 17.5 Å². The standard InChI is InChI=1S/C21H22N4O5/c1-13-10-18(15(3)24(13)17-8-6-5-7-9-17)19(26)12-30-20(27)11-23-16(4)21(25(28)29)14(2)22-23/h5-10H,11-12H2,1-4H3. The van der Waals surface area contributed by atoms with Gasteiger partial charge in [0.05, 0.1) is 4.92 Å². The number of ketones is 1. The quantitative estimate of drug-likeness (QED) is 0.256. The molecule has 3 rings (SSSR count). The molecule has 9 heteroatoms. The highest BCUT2D eigenvalue weighted by Gasteiger charge is 2.24. The van der Waals surface area contributed by atoms with E-state index in [1.165, 1.54) is 18.5 Å². The fourth-order valence-electron chi connectivity index (χ4n) is 3.52. The molecule has 0 N–H and O–H groups in total. The Kier molecular flexibility index (Phi) is 5.81. The van der Waals surface area contributed by atoms with Crippen molar-refractivity contribution in [3.05, 3.63) is 74.9 Å². The first-order valence-corrected chi connectivity index (χ1v) is 9.32. The molecule has 3 aromatic rings. The highest BCUT2D eigenvalue weighted by Crippen LogP contribution is 2.22. The van der Waals surface area contributed by atoms with Crippen LogP contribution in [0.15, 0.2) is 36.4 Å². The Hall–Kier alpha value is -3.75. The molecule has 0 aliphatic carbocycles. The van der Waals surface area contributed by atoms with Crippen molar-refractivity contribution in [2.45, 2.75) is 34.2 Å². The first-order valence-electron chi connectivity index (χ1n) is 9.32. The van der Waals surface area contributed by atoms with E-state index in [-0.39, 0.29) is 29.4 Å². The molecule has 1 aromatic carbocycles. The third-order valence-corrected chi connectivity index (χ3v) is 4.91.